The van der Waals surface area contributed by atoms with Crippen LogP contribution in [0.15, 0.2) is 35.0 Å². The fourth-order valence-corrected chi connectivity index (χ4v) is 4.35. The van der Waals surface area contributed by atoms with Gasteiger partial charge in [0.1, 0.15) is 0 Å². The van der Waals surface area contributed by atoms with Crippen molar-refractivity contribution in [2.75, 3.05) is 19.8 Å². The number of nitrogens with one attached hydrogen (secondary N) is 1. The highest BCUT2D eigenvalue weighted by molar-refractivity contribution is 7.11. The van der Waals surface area contributed by atoms with Crippen molar-refractivity contribution in [2.24, 2.45) is 5.41 Å². The molecule has 0 spiro atoms. The fraction of sp³-hybridized carbons (Fsp3) is 0.500. The maximum Gasteiger partial charge on any atom is 0.0765 e. The molecular weight excluding hydrogens is 286 g/mol. The maximum atomic E-state index is 5.49. The van der Waals surface area contributed by atoms with E-state index in [4.69, 9.17) is 4.74 Å². The lowest BCUT2D eigenvalue weighted by atomic mass is 9.82. The smallest absolute Gasteiger partial charge is 0.0765 e. The molecule has 0 radical (unpaired) electrons. The molecular formula is C16H21NOS2. The predicted molar refractivity (Wildman–Crippen MR) is 86.6 cm³/mol. The van der Waals surface area contributed by atoms with Crippen molar-refractivity contribution < 1.29 is 4.74 Å². The van der Waals surface area contributed by atoms with E-state index in [1.165, 1.54) is 9.75 Å². The van der Waals surface area contributed by atoms with E-state index < -0.39 is 0 Å². The average molecular weight is 307 g/mol. The van der Waals surface area contributed by atoms with E-state index in [0.717, 1.165) is 32.6 Å². The van der Waals surface area contributed by atoms with Crippen LogP contribution in [-0.4, -0.2) is 19.8 Å². The lowest BCUT2D eigenvalue weighted by Crippen LogP contribution is -2.38. The van der Waals surface area contributed by atoms with Gasteiger partial charge in [0.15, 0.2) is 0 Å². The lowest BCUT2D eigenvalue weighted by molar-refractivity contribution is 0.0234. The van der Waals surface area contributed by atoms with Crippen molar-refractivity contribution in [2.45, 2.75) is 25.8 Å². The summed E-state index contributed by atoms with van der Waals surface area (Å²) in [7, 11) is 0. The molecule has 0 aromatic carbocycles. The van der Waals surface area contributed by atoms with Gasteiger partial charge in [-0.25, -0.2) is 0 Å². The standard InChI is InChI=1S/C16H21NOS2/c1-16(6-8-18-9-7-16)12-17-15(13-4-2-10-19-13)14-5-3-11-20-14/h2-5,10-11,15,17H,6-9,12H2,1H3. The van der Waals surface area contributed by atoms with Crippen molar-refractivity contribution >= 4 is 22.7 Å². The number of ether oxygens (including phenoxy) is 1. The molecule has 0 saturated carbocycles. The molecule has 3 heterocycles. The van der Waals surface area contributed by atoms with Crippen LogP contribution in [0.5, 0.6) is 0 Å². The summed E-state index contributed by atoms with van der Waals surface area (Å²) < 4.78 is 5.49. The third-order valence-electron chi connectivity index (χ3n) is 4.09. The monoisotopic (exact) mass is 307 g/mol. The molecule has 0 unspecified atom stereocenters. The van der Waals surface area contributed by atoms with Gasteiger partial charge in [0.2, 0.25) is 0 Å². The Kier molecular flexibility index (Phi) is 4.56. The first-order valence-electron chi connectivity index (χ1n) is 7.15. The van der Waals surface area contributed by atoms with Crippen LogP contribution in [0.4, 0.5) is 0 Å². The van der Waals surface area contributed by atoms with E-state index in [1.54, 1.807) is 0 Å². The Labute approximate surface area is 128 Å². The Hall–Kier alpha value is -0.680. The van der Waals surface area contributed by atoms with Gasteiger partial charge in [0, 0.05) is 29.5 Å². The molecule has 20 heavy (non-hydrogen) atoms. The van der Waals surface area contributed by atoms with E-state index in [1.807, 2.05) is 22.7 Å². The van der Waals surface area contributed by atoms with Crippen molar-refractivity contribution in [3.05, 3.63) is 44.8 Å². The van der Waals surface area contributed by atoms with Gasteiger partial charge in [-0.1, -0.05) is 19.1 Å². The SMILES string of the molecule is CC1(CNC(c2cccs2)c2cccs2)CCOCC1. The van der Waals surface area contributed by atoms with Crippen LogP contribution in [0.2, 0.25) is 0 Å². The molecule has 1 aliphatic heterocycles. The summed E-state index contributed by atoms with van der Waals surface area (Å²) >= 11 is 3.67. The topological polar surface area (TPSA) is 21.3 Å². The first-order chi connectivity index (χ1) is 9.77. The fourth-order valence-electron chi connectivity index (χ4n) is 2.64. The van der Waals surface area contributed by atoms with Gasteiger partial charge in [-0.3, -0.25) is 0 Å². The van der Waals surface area contributed by atoms with Gasteiger partial charge in [0.25, 0.3) is 0 Å². The second-order valence-corrected chi connectivity index (χ2v) is 7.73. The first-order valence-corrected chi connectivity index (χ1v) is 8.91. The number of rotatable bonds is 5. The van der Waals surface area contributed by atoms with Crippen LogP contribution in [0.25, 0.3) is 0 Å². The number of hydrogen-bond acceptors (Lipinski definition) is 4. The molecule has 2 aromatic rings. The Morgan fingerprint density at radius 2 is 1.75 bits per heavy atom. The zero-order valence-electron chi connectivity index (χ0n) is 11.8. The van der Waals surface area contributed by atoms with Gasteiger partial charge in [0.05, 0.1) is 6.04 Å². The number of hydrogen-bond donors (Lipinski definition) is 1. The molecule has 1 fully saturated rings. The van der Waals surface area contributed by atoms with E-state index in [2.05, 4.69) is 47.3 Å². The Balaban J connectivity index is 1.71. The van der Waals surface area contributed by atoms with Gasteiger partial charge in [-0.15, -0.1) is 22.7 Å². The Morgan fingerprint density at radius 3 is 2.25 bits per heavy atom. The summed E-state index contributed by atoms with van der Waals surface area (Å²) in [6.07, 6.45) is 2.31. The Morgan fingerprint density at radius 1 is 1.15 bits per heavy atom. The molecule has 2 nitrogen and oxygen atoms in total. The molecule has 1 N–H and O–H groups in total. The van der Waals surface area contributed by atoms with Gasteiger partial charge >= 0.3 is 0 Å². The molecule has 0 amide bonds. The van der Waals surface area contributed by atoms with E-state index >= 15 is 0 Å². The summed E-state index contributed by atoms with van der Waals surface area (Å²) in [6.45, 7) is 5.24. The molecule has 0 atom stereocenters. The van der Waals surface area contributed by atoms with Crippen LogP contribution in [0.1, 0.15) is 35.6 Å². The molecule has 0 bridgehead atoms. The van der Waals surface area contributed by atoms with Crippen molar-refractivity contribution in [1.29, 1.82) is 0 Å². The maximum absolute atomic E-state index is 5.49. The zero-order chi connectivity index (χ0) is 13.8. The van der Waals surface area contributed by atoms with Gasteiger partial charge < -0.3 is 10.1 Å². The first kappa shape index (κ1) is 14.3. The van der Waals surface area contributed by atoms with Crippen LogP contribution in [0, 0.1) is 5.41 Å². The third kappa shape index (κ3) is 3.31. The summed E-state index contributed by atoms with van der Waals surface area (Å²) in [6, 6.07) is 9.08. The molecule has 4 heteroatoms. The largest absolute Gasteiger partial charge is 0.381 e. The Bertz CT molecular complexity index is 466. The van der Waals surface area contributed by atoms with Crippen molar-refractivity contribution in [3.8, 4) is 0 Å². The van der Waals surface area contributed by atoms with Gasteiger partial charge in [-0.05, 0) is 41.1 Å². The minimum absolute atomic E-state index is 0.342. The molecule has 0 aliphatic carbocycles. The lowest BCUT2D eigenvalue weighted by Gasteiger charge is -2.35. The second-order valence-electron chi connectivity index (χ2n) is 5.77. The van der Waals surface area contributed by atoms with Crippen LogP contribution in [-0.2, 0) is 4.74 Å². The van der Waals surface area contributed by atoms with E-state index in [9.17, 15) is 0 Å². The normalized spacial score (nSPS) is 18.5. The quantitative estimate of drug-likeness (QED) is 0.889. The molecule has 2 aromatic heterocycles. The summed E-state index contributed by atoms with van der Waals surface area (Å²) in [5.41, 5.74) is 0.366. The average Bonchev–Trinajstić information content (AvgIpc) is 3.13. The van der Waals surface area contributed by atoms with E-state index in [-0.39, 0.29) is 0 Å². The minimum Gasteiger partial charge on any atom is -0.381 e. The van der Waals surface area contributed by atoms with Gasteiger partial charge in [-0.2, -0.15) is 0 Å². The summed E-state index contributed by atoms with van der Waals surface area (Å²) in [5, 5.41) is 8.12. The number of thiophene rings is 2. The van der Waals surface area contributed by atoms with E-state index in [0.29, 0.717) is 11.5 Å². The molecule has 1 saturated heterocycles. The zero-order valence-corrected chi connectivity index (χ0v) is 13.4. The van der Waals surface area contributed by atoms with Crippen LogP contribution in [0.3, 0.4) is 0 Å². The summed E-state index contributed by atoms with van der Waals surface area (Å²) in [5.74, 6) is 0. The highest BCUT2D eigenvalue weighted by Crippen LogP contribution is 2.33. The highest BCUT2D eigenvalue weighted by Gasteiger charge is 2.28. The highest BCUT2D eigenvalue weighted by atomic mass is 32.1. The second kappa shape index (κ2) is 6.39. The predicted octanol–water partition coefficient (Wildman–Crippen LogP) is 4.31. The molecule has 3 rings (SSSR count). The minimum atomic E-state index is 0.342. The third-order valence-corrected chi connectivity index (χ3v) is 5.96. The molecule has 108 valence electrons. The van der Waals surface area contributed by atoms with Crippen molar-refractivity contribution in [3.63, 3.8) is 0 Å². The van der Waals surface area contributed by atoms with Crippen LogP contribution < -0.4 is 5.32 Å². The van der Waals surface area contributed by atoms with Crippen LogP contribution >= 0.6 is 22.7 Å². The van der Waals surface area contributed by atoms with Crippen molar-refractivity contribution in [1.82, 2.24) is 5.32 Å². The molecule has 1 aliphatic rings. The summed E-state index contributed by atoms with van der Waals surface area (Å²) in [4.78, 5) is 2.81.